The minimum Gasteiger partial charge on any atom is -0.475 e. The highest BCUT2D eigenvalue weighted by molar-refractivity contribution is 6.99. The van der Waals surface area contributed by atoms with Crippen LogP contribution in [-0.2, 0) is 47.6 Å². The van der Waals surface area contributed by atoms with E-state index in [9.17, 15) is 24.0 Å². The van der Waals surface area contributed by atoms with E-state index in [1.807, 2.05) is 14.0 Å². The molecule has 1 aromatic rings. The largest absolute Gasteiger partial charge is 0.512 e. The first-order valence-corrected chi connectivity index (χ1v) is 31.4. The second kappa shape index (κ2) is 44.0. The maximum Gasteiger partial charge on any atom is 0.512 e. The van der Waals surface area contributed by atoms with Crippen molar-refractivity contribution in [2.75, 3.05) is 53.2 Å². The summed E-state index contributed by atoms with van der Waals surface area (Å²) < 4.78 is 48.7. The van der Waals surface area contributed by atoms with Crippen LogP contribution in [0.2, 0.25) is 0 Å². The van der Waals surface area contributed by atoms with E-state index in [4.69, 9.17) is 33.2 Å². The molecule has 1 aromatic heterocycles. The van der Waals surface area contributed by atoms with Gasteiger partial charge in [0.05, 0.1) is 44.8 Å². The molecular weight excluding hydrogens is 999 g/mol. The first-order chi connectivity index (χ1) is 37.2. The zero-order valence-corrected chi connectivity index (χ0v) is 50.4. The molecule has 0 saturated carbocycles. The molecule has 0 radical (unpaired) electrons. The summed E-state index contributed by atoms with van der Waals surface area (Å²) in [6.45, 7) is 13.1. The Bertz CT molecular complexity index is 1710. The first-order valence-electron chi connectivity index (χ1n) is 30.7. The third-order valence-corrected chi connectivity index (χ3v) is 15.1. The van der Waals surface area contributed by atoms with E-state index in [2.05, 4.69) is 35.6 Å². The SMILES string of the molecule is CCCCCCCCCCCCCCCC(=O)OCC(COC(=O)CCCCCCCCCCCCCCC)OC(=O)CCOC(=O)CC(C)(C)COC(=O)OC(C)[N+]1(C)CCC=C(c2nsnc2OCCCCCC)C1. The van der Waals surface area contributed by atoms with E-state index in [0.717, 1.165) is 93.7 Å². The quantitative estimate of drug-likeness (QED) is 0.0261. The standard InChI is InChI=1S/C61H108N3O12S/c1-8-11-14-17-19-21-23-25-27-29-31-33-35-40-54(65)72-48-53(49-73-55(66)41-36-34-32-30-28-26-24-22-20-18-15-12-9-2)76-56(67)42-45-70-57(68)46-61(5,6)50-74-60(69)75-51(4)64(7)43-38-39-52(47-64)58-59(63-77-62-58)71-44-37-16-13-10-3/h39,51,53H,8-38,40-50H2,1-7H3/q+1. The maximum absolute atomic E-state index is 13.0. The molecule has 15 nitrogen and oxygen atoms in total. The molecule has 1 aliphatic heterocycles. The third-order valence-electron chi connectivity index (χ3n) is 14.6. The fourth-order valence-corrected chi connectivity index (χ4v) is 10.00. The molecule has 0 fully saturated rings. The number of carbonyl (C=O) groups is 5. The van der Waals surface area contributed by atoms with Gasteiger partial charge in [-0.3, -0.25) is 23.7 Å². The molecular formula is C61H108N3O12S+. The van der Waals surface area contributed by atoms with Crippen LogP contribution in [-0.4, -0.2) is 109 Å². The summed E-state index contributed by atoms with van der Waals surface area (Å²) in [5, 5.41) is 0. The molecule has 2 rings (SSSR count). The minimum absolute atomic E-state index is 0.0927. The van der Waals surface area contributed by atoms with E-state index >= 15 is 0 Å². The van der Waals surface area contributed by atoms with Gasteiger partial charge in [0.15, 0.2) is 6.10 Å². The lowest BCUT2D eigenvalue weighted by atomic mass is 9.91. The number of hydrogen-bond acceptors (Lipinski definition) is 15. The predicted molar refractivity (Wildman–Crippen MR) is 306 cm³/mol. The van der Waals surface area contributed by atoms with Crippen molar-refractivity contribution in [3.8, 4) is 5.88 Å². The number of likely N-dealkylation sites (N-methyl/N-ethyl adjacent to an activating group) is 1. The van der Waals surface area contributed by atoms with Crippen LogP contribution in [0.3, 0.4) is 0 Å². The second-order valence-electron chi connectivity index (χ2n) is 22.7. The summed E-state index contributed by atoms with van der Waals surface area (Å²) in [5.41, 5.74) is 0.933. The van der Waals surface area contributed by atoms with Gasteiger partial charge in [0, 0.05) is 37.2 Å². The highest BCUT2D eigenvalue weighted by Crippen LogP contribution is 2.32. The van der Waals surface area contributed by atoms with Crippen LogP contribution in [0.4, 0.5) is 4.79 Å². The summed E-state index contributed by atoms with van der Waals surface area (Å²) in [5.74, 6) is -1.51. The number of aromatic nitrogens is 2. The fourth-order valence-electron chi connectivity index (χ4n) is 9.46. The molecule has 0 bridgehead atoms. The maximum atomic E-state index is 13.0. The van der Waals surface area contributed by atoms with Gasteiger partial charge in [-0.05, 0) is 19.3 Å². The van der Waals surface area contributed by atoms with Crippen LogP contribution >= 0.6 is 11.7 Å². The van der Waals surface area contributed by atoms with Crippen molar-refractivity contribution in [1.29, 1.82) is 0 Å². The number of ether oxygens (including phenoxy) is 7. The molecule has 0 spiro atoms. The van der Waals surface area contributed by atoms with E-state index in [0.29, 0.717) is 36.4 Å². The Labute approximate surface area is 470 Å². The van der Waals surface area contributed by atoms with E-state index in [1.54, 1.807) is 13.8 Å². The molecule has 0 saturated heterocycles. The van der Waals surface area contributed by atoms with Crippen LogP contribution in [0.25, 0.3) is 5.57 Å². The third kappa shape index (κ3) is 35.4. The molecule has 2 unspecified atom stereocenters. The molecule has 0 amide bonds. The normalized spacial score (nSPS) is 14.9. The molecule has 2 atom stereocenters. The van der Waals surface area contributed by atoms with Gasteiger partial charge < -0.3 is 33.2 Å². The summed E-state index contributed by atoms with van der Waals surface area (Å²) >= 11 is 1.12. The molecule has 0 N–H and O–H groups in total. The number of carbonyl (C=O) groups excluding carboxylic acids is 5. The van der Waals surface area contributed by atoms with Gasteiger partial charge >= 0.3 is 30.0 Å². The Kier molecular flexibility index (Phi) is 39.6. The predicted octanol–water partition coefficient (Wildman–Crippen LogP) is 15.5. The van der Waals surface area contributed by atoms with Gasteiger partial charge in [-0.15, -0.1) is 4.37 Å². The average molecular weight is 1110 g/mol. The number of unbranched alkanes of at least 4 members (excludes halogenated alkanes) is 27. The molecule has 0 aliphatic carbocycles. The number of quaternary nitrogens is 1. The molecule has 444 valence electrons. The molecule has 1 aliphatic rings. The van der Waals surface area contributed by atoms with Gasteiger partial charge in [-0.2, -0.15) is 4.37 Å². The summed E-state index contributed by atoms with van der Waals surface area (Å²) in [4.78, 5) is 64.4. The fraction of sp³-hybridized carbons (Fsp3) is 0.852. The molecule has 16 heteroatoms. The minimum atomic E-state index is -1.01. The van der Waals surface area contributed by atoms with Crippen LogP contribution in [0, 0.1) is 5.41 Å². The van der Waals surface area contributed by atoms with Crippen molar-refractivity contribution in [3.05, 3.63) is 11.8 Å². The van der Waals surface area contributed by atoms with Crippen molar-refractivity contribution < 1.29 is 61.6 Å². The van der Waals surface area contributed by atoms with Gasteiger partial charge in [0.1, 0.15) is 38.7 Å². The average Bonchev–Trinajstić information content (AvgIpc) is 3.88. The van der Waals surface area contributed by atoms with Crippen LogP contribution < -0.4 is 4.74 Å². The lowest BCUT2D eigenvalue weighted by molar-refractivity contribution is -0.944. The monoisotopic (exact) mass is 1110 g/mol. The second-order valence-corrected chi connectivity index (χ2v) is 23.3. The smallest absolute Gasteiger partial charge is 0.475 e. The van der Waals surface area contributed by atoms with E-state index < -0.39 is 47.8 Å². The molecule has 2 heterocycles. The number of nitrogens with zero attached hydrogens (tertiary/aromatic N) is 3. The Balaban J connectivity index is 1.76. The Hall–Kier alpha value is -3.79. The molecule has 0 aromatic carbocycles. The van der Waals surface area contributed by atoms with Gasteiger partial charge in [0.2, 0.25) is 6.23 Å². The Morgan fingerprint density at radius 1 is 0.558 bits per heavy atom. The highest BCUT2D eigenvalue weighted by atomic mass is 32.1. The summed E-state index contributed by atoms with van der Waals surface area (Å²) in [7, 11) is 2.03. The van der Waals surface area contributed by atoms with Crippen molar-refractivity contribution in [2.45, 2.75) is 279 Å². The summed E-state index contributed by atoms with van der Waals surface area (Å²) in [6.07, 6.45) is 36.4. The van der Waals surface area contributed by atoms with E-state index in [-0.39, 0.29) is 52.1 Å². The van der Waals surface area contributed by atoms with Gasteiger partial charge in [0.25, 0.3) is 5.88 Å². The lowest BCUT2D eigenvalue weighted by Crippen LogP contribution is -2.55. The van der Waals surface area contributed by atoms with Crippen molar-refractivity contribution in [3.63, 3.8) is 0 Å². The first kappa shape index (κ1) is 69.3. The number of rotatable bonds is 49. The molecule has 77 heavy (non-hydrogen) atoms. The van der Waals surface area contributed by atoms with Crippen LogP contribution in [0.1, 0.15) is 272 Å². The number of esters is 4. The van der Waals surface area contributed by atoms with Crippen LogP contribution in [0.5, 0.6) is 5.88 Å². The van der Waals surface area contributed by atoms with Gasteiger partial charge in [-0.25, -0.2) is 4.79 Å². The zero-order chi connectivity index (χ0) is 56.3. The Morgan fingerprint density at radius 3 is 1.52 bits per heavy atom. The van der Waals surface area contributed by atoms with Crippen molar-refractivity contribution in [2.24, 2.45) is 5.41 Å². The van der Waals surface area contributed by atoms with Crippen LogP contribution in [0.15, 0.2) is 6.08 Å². The van der Waals surface area contributed by atoms with Gasteiger partial charge in [-0.1, -0.05) is 214 Å². The topological polar surface area (TPSA) is 176 Å². The zero-order valence-electron chi connectivity index (χ0n) is 49.6. The number of hydrogen-bond donors (Lipinski definition) is 0. The van der Waals surface area contributed by atoms with Crippen molar-refractivity contribution >= 4 is 47.3 Å². The lowest BCUT2D eigenvalue weighted by Gasteiger charge is -2.41. The summed E-state index contributed by atoms with van der Waals surface area (Å²) in [6, 6.07) is 0. The Morgan fingerprint density at radius 2 is 1.03 bits per heavy atom. The van der Waals surface area contributed by atoms with Crippen molar-refractivity contribution in [1.82, 2.24) is 8.75 Å². The van der Waals surface area contributed by atoms with E-state index in [1.165, 1.54) is 122 Å². The highest BCUT2D eigenvalue weighted by Gasteiger charge is 2.38.